The average molecular weight is 276 g/mol. The Kier molecular flexibility index (Phi) is 5.57. The molecule has 0 aromatic carbocycles. The second kappa shape index (κ2) is 6.72. The molecule has 0 amide bonds. The Balaban J connectivity index is 2.53. The van der Waals surface area contributed by atoms with Crippen LogP contribution in [0.1, 0.15) is 0 Å². The van der Waals surface area contributed by atoms with Crippen molar-refractivity contribution >= 4 is 15.7 Å². The molecule has 18 heavy (non-hydrogen) atoms. The van der Waals surface area contributed by atoms with Crippen molar-refractivity contribution in [2.75, 3.05) is 44.8 Å². The smallest absolute Gasteiger partial charge is 0.235 e. The van der Waals surface area contributed by atoms with E-state index in [0.29, 0.717) is 12.2 Å². The summed E-state index contributed by atoms with van der Waals surface area (Å²) in [6.07, 6.45) is 3.17. The summed E-state index contributed by atoms with van der Waals surface area (Å²) in [5.74, 6) is -0.0631. The molecule has 0 atom stereocenters. The Morgan fingerprint density at radius 3 is 2.83 bits per heavy atom. The highest BCUT2D eigenvalue weighted by Gasteiger charge is 2.11. The molecule has 0 aliphatic heterocycles. The Bertz CT molecular complexity index is 455. The van der Waals surface area contributed by atoms with Crippen LogP contribution in [-0.4, -0.2) is 63.2 Å². The van der Waals surface area contributed by atoms with Crippen molar-refractivity contribution < 1.29 is 13.2 Å². The van der Waals surface area contributed by atoms with Crippen LogP contribution < -0.4 is 4.72 Å². The van der Waals surface area contributed by atoms with Crippen molar-refractivity contribution in [3.63, 3.8) is 0 Å². The van der Waals surface area contributed by atoms with E-state index in [1.165, 1.54) is 13.3 Å². The lowest BCUT2D eigenvalue weighted by atomic mass is 10.5. The molecule has 0 unspecified atom stereocenters. The van der Waals surface area contributed by atoms with Gasteiger partial charge in [-0.2, -0.15) is 5.10 Å². The van der Waals surface area contributed by atoms with Gasteiger partial charge >= 0.3 is 0 Å². The van der Waals surface area contributed by atoms with Gasteiger partial charge in [-0.25, -0.2) is 8.42 Å². The summed E-state index contributed by atoms with van der Waals surface area (Å²) >= 11 is 0. The second-order valence-corrected chi connectivity index (χ2v) is 6.05. The molecule has 0 saturated carbocycles. The fraction of sp³-hybridized carbons (Fsp3) is 0.700. The fourth-order valence-corrected chi connectivity index (χ4v) is 2.22. The van der Waals surface area contributed by atoms with Gasteiger partial charge in [-0.3, -0.25) is 9.40 Å². The minimum absolute atomic E-state index is 0.0631. The first-order chi connectivity index (χ1) is 8.43. The number of ether oxygens (including phenoxy) is 1. The van der Waals surface area contributed by atoms with Crippen molar-refractivity contribution in [2.24, 2.45) is 0 Å². The zero-order valence-electron chi connectivity index (χ0n) is 11.0. The van der Waals surface area contributed by atoms with Gasteiger partial charge in [0.2, 0.25) is 10.0 Å². The Morgan fingerprint density at radius 2 is 2.22 bits per heavy atom. The number of likely N-dealkylation sites (N-methyl/N-ethyl adjacent to an activating group) is 1. The lowest BCUT2D eigenvalue weighted by molar-refractivity contribution is 0.217. The van der Waals surface area contributed by atoms with E-state index < -0.39 is 10.0 Å². The predicted molar refractivity (Wildman–Crippen MR) is 70.1 cm³/mol. The van der Waals surface area contributed by atoms with Gasteiger partial charge in [0.15, 0.2) is 0 Å². The van der Waals surface area contributed by atoms with Crippen LogP contribution in [0.3, 0.4) is 0 Å². The van der Waals surface area contributed by atoms with Crippen LogP contribution in [-0.2, 0) is 21.3 Å². The van der Waals surface area contributed by atoms with Crippen molar-refractivity contribution in [2.45, 2.75) is 6.54 Å². The minimum Gasteiger partial charge on any atom is -0.384 e. The molecule has 0 aliphatic carbocycles. The largest absolute Gasteiger partial charge is 0.384 e. The van der Waals surface area contributed by atoms with Crippen LogP contribution >= 0.6 is 0 Å². The number of nitrogens with zero attached hydrogens (tertiary/aromatic N) is 3. The molecule has 0 aliphatic rings. The molecule has 0 saturated heterocycles. The third-order valence-corrected chi connectivity index (χ3v) is 3.49. The maximum absolute atomic E-state index is 11.6. The van der Waals surface area contributed by atoms with Crippen LogP contribution in [0.5, 0.6) is 0 Å². The van der Waals surface area contributed by atoms with Crippen molar-refractivity contribution in [3.05, 3.63) is 12.4 Å². The van der Waals surface area contributed by atoms with Crippen molar-refractivity contribution in [1.29, 1.82) is 0 Å². The van der Waals surface area contributed by atoms with Crippen LogP contribution in [0.4, 0.5) is 5.69 Å². The van der Waals surface area contributed by atoms with Gasteiger partial charge < -0.3 is 9.64 Å². The topological polar surface area (TPSA) is 76.5 Å². The summed E-state index contributed by atoms with van der Waals surface area (Å²) in [5.41, 5.74) is 0.477. The molecule has 1 aromatic rings. The first-order valence-electron chi connectivity index (χ1n) is 5.59. The van der Waals surface area contributed by atoms with Crippen LogP contribution in [0, 0.1) is 0 Å². The number of methoxy groups -OCH3 is 1. The van der Waals surface area contributed by atoms with Gasteiger partial charge in [-0.05, 0) is 14.1 Å². The number of hydrogen-bond acceptors (Lipinski definition) is 5. The van der Waals surface area contributed by atoms with Crippen LogP contribution in [0.25, 0.3) is 0 Å². The van der Waals surface area contributed by atoms with Crippen molar-refractivity contribution in [1.82, 2.24) is 14.7 Å². The highest BCUT2D eigenvalue weighted by atomic mass is 32.2. The molecular formula is C10H20N4O3S. The summed E-state index contributed by atoms with van der Waals surface area (Å²) in [5, 5.41) is 4.08. The summed E-state index contributed by atoms with van der Waals surface area (Å²) < 4.78 is 32.1. The first-order valence-corrected chi connectivity index (χ1v) is 7.25. The van der Waals surface area contributed by atoms with Gasteiger partial charge in [0.05, 0.1) is 30.8 Å². The molecule has 0 bridgehead atoms. The lowest BCUT2D eigenvalue weighted by Gasteiger charge is -2.08. The van der Waals surface area contributed by atoms with Gasteiger partial charge in [-0.15, -0.1) is 0 Å². The first kappa shape index (κ1) is 14.9. The van der Waals surface area contributed by atoms with E-state index in [-0.39, 0.29) is 12.4 Å². The average Bonchev–Trinajstić information content (AvgIpc) is 2.70. The zero-order valence-corrected chi connectivity index (χ0v) is 11.8. The summed E-state index contributed by atoms with van der Waals surface area (Å²) in [6.45, 7) is 1.73. The van der Waals surface area contributed by atoms with E-state index >= 15 is 0 Å². The summed E-state index contributed by atoms with van der Waals surface area (Å²) in [4.78, 5) is 2.03. The highest BCUT2D eigenvalue weighted by Crippen LogP contribution is 2.07. The second-order valence-electron chi connectivity index (χ2n) is 4.21. The molecule has 0 fully saturated rings. The Morgan fingerprint density at radius 1 is 1.50 bits per heavy atom. The highest BCUT2D eigenvalue weighted by molar-refractivity contribution is 7.92. The van der Waals surface area contributed by atoms with Crippen LogP contribution in [0.15, 0.2) is 12.4 Å². The number of rotatable bonds is 8. The third-order valence-electron chi connectivity index (χ3n) is 2.24. The molecular weight excluding hydrogens is 256 g/mol. The molecule has 104 valence electrons. The van der Waals surface area contributed by atoms with Crippen LogP contribution in [0.2, 0.25) is 0 Å². The summed E-state index contributed by atoms with van der Waals surface area (Å²) in [7, 11) is 2.05. The number of nitrogens with one attached hydrogen (secondary N) is 1. The lowest BCUT2D eigenvalue weighted by Crippen LogP contribution is -2.20. The van der Waals surface area contributed by atoms with E-state index in [4.69, 9.17) is 4.74 Å². The van der Waals surface area contributed by atoms with E-state index in [1.807, 2.05) is 19.0 Å². The number of aromatic nitrogens is 2. The number of sulfonamides is 1. The summed E-state index contributed by atoms with van der Waals surface area (Å²) in [6, 6.07) is 0. The number of hydrogen-bond donors (Lipinski definition) is 1. The van der Waals surface area contributed by atoms with Gasteiger partial charge in [0, 0.05) is 19.9 Å². The minimum atomic E-state index is -3.35. The molecule has 1 aromatic heterocycles. The Labute approximate surface area is 108 Å². The van der Waals surface area contributed by atoms with Gasteiger partial charge in [0.25, 0.3) is 0 Å². The van der Waals surface area contributed by atoms with E-state index in [9.17, 15) is 8.42 Å². The molecule has 1 N–H and O–H groups in total. The standard InChI is InChI=1S/C10H20N4O3S/c1-13(2)4-5-14-9-10(8-11-14)12-18(15,16)7-6-17-3/h8-9,12H,4-7H2,1-3H3. The SMILES string of the molecule is COCCS(=O)(=O)Nc1cnn(CCN(C)C)c1. The van der Waals surface area contributed by atoms with Crippen molar-refractivity contribution in [3.8, 4) is 0 Å². The maximum Gasteiger partial charge on any atom is 0.235 e. The molecule has 7 nitrogen and oxygen atoms in total. The van der Waals surface area contributed by atoms with Gasteiger partial charge in [-0.1, -0.05) is 0 Å². The number of anilines is 1. The molecule has 0 spiro atoms. The normalized spacial score (nSPS) is 12.0. The quantitative estimate of drug-likeness (QED) is 0.713. The fourth-order valence-electron chi connectivity index (χ4n) is 1.26. The third kappa shape index (κ3) is 5.48. The monoisotopic (exact) mass is 276 g/mol. The molecule has 0 radical (unpaired) electrons. The van der Waals surface area contributed by atoms with E-state index in [2.05, 4.69) is 9.82 Å². The predicted octanol–water partition coefficient (Wildman–Crippen LogP) is -0.167. The molecule has 1 rings (SSSR count). The molecule has 8 heteroatoms. The Hall–Kier alpha value is -1.12. The van der Waals surface area contributed by atoms with E-state index in [0.717, 1.165) is 6.54 Å². The molecule has 1 heterocycles. The van der Waals surface area contributed by atoms with E-state index in [1.54, 1.807) is 10.9 Å². The van der Waals surface area contributed by atoms with Gasteiger partial charge in [0.1, 0.15) is 0 Å². The zero-order chi connectivity index (χ0) is 13.6. The maximum atomic E-state index is 11.6.